The summed E-state index contributed by atoms with van der Waals surface area (Å²) in [6.07, 6.45) is 1.05. The van der Waals surface area contributed by atoms with Gasteiger partial charge in [0.15, 0.2) is 5.11 Å². The van der Waals surface area contributed by atoms with Gasteiger partial charge in [-0.3, -0.25) is 0 Å². The Morgan fingerprint density at radius 1 is 1.23 bits per heavy atom. The van der Waals surface area contributed by atoms with Crippen LogP contribution in [-0.4, -0.2) is 49.3 Å². The van der Waals surface area contributed by atoms with Crippen LogP contribution in [0.15, 0.2) is 24.3 Å². The van der Waals surface area contributed by atoms with Crippen LogP contribution in [0.1, 0.15) is 30.6 Å². The Labute approximate surface area is 138 Å². The molecule has 122 valence electrons. The number of carbonyl (C=O) groups excluding carboxylic acids is 1. The molecular formula is C16H25N3O2S. The second-order valence-corrected chi connectivity index (χ2v) is 5.24. The van der Waals surface area contributed by atoms with E-state index in [0.717, 1.165) is 38.3 Å². The van der Waals surface area contributed by atoms with Crippen molar-refractivity contribution >= 4 is 29.0 Å². The van der Waals surface area contributed by atoms with Gasteiger partial charge in [-0.15, -0.1) is 0 Å². The predicted molar refractivity (Wildman–Crippen MR) is 94.4 cm³/mol. The van der Waals surface area contributed by atoms with Gasteiger partial charge in [0.1, 0.15) is 0 Å². The number of ether oxygens (including phenoxy) is 1. The quantitative estimate of drug-likeness (QED) is 0.435. The van der Waals surface area contributed by atoms with E-state index in [0.29, 0.717) is 10.7 Å². The second kappa shape index (κ2) is 10.1. The van der Waals surface area contributed by atoms with E-state index < -0.39 is 0 Å². The summed E-state index contributed by atoms with van der Waals surface area (Å²) in [5.41, 5.74) is 1.36. The molecule has 0 aliphatic carbocycles. The van der Waals surface area contributed by atoms with E-state index in [9.17, 15) is 4.79 Å². The summed E-state index contributed by atoms with van der Waals surface area (Å²) >= 11 is 5.25. The van der Waals surface area contributed by atoms with Gasteiger partial charge in [0.25, 0.3) is 0 Å². The van der Waals surface area contributed by atoms with Crippen LogP contribution in [0.3, 0.4) is 0 Å². The number of rotatable bonds is 8. The first-order valence-corrected chi connectivity index (χ1v) is 7.97. The molecule has 2 N–H and O–H groups in total. The van der Waals surface area contributed by atoms with Crippen LogP contribution in [0.5, 0.6) is 0 Å². The fourth-order valence-corrected chi connectivity index (χ4v) is 2.25. The van der Waals surface area contributed by atoms with E-state index in [1.807, 2.05) is 0 Å². The standard InChI is InChI=1S/C16H25N3O2S/c1-4-19(5-2)12-6-11-17-16(22)18-14-9-7-13(8-10-14)15(20)21-3/h7-10H,4-6,11-12H2,1-3H3,(H2,17,18,22). The molecule has 0 saturated carbocycles. The van der Waals surface area contributed by atoms with Gasteiger partial charge in [-0.25, -0.2) is 4.79 Å². The zero-order chi connectivity index (χ0) is 16.4. The normalized spacial score (nSPS) is 10.4. The number of hydrogen-bond acceptors (Lipinski definition) is 4. The van der Waals surface area contributed by atoms with Gasteiger partial charge >= 0.3 is 5.97 Å². The van der Waals surface area contributed by atoms with Crippen LogP contribution >= 0.6 is 12.2 Å². The van der Waals surface area contributed by atoms with E-state index in [4.69, 9.17) is 12.2 Å². The topological polar surface area (TPSA) is 53.6 Å². The molecule has 0 fully saturated rings. The third-order valence-electron chi connectivity index (χ3n) is 3.39. The van der Waals surface area contributed by atoms with E-state index in [-0.39, 0.29) is 5.97 Å². The van der Waals surface area contributed by atoms with Crippen molar-refractivity contribution in [3.63, 3.8) is 0 Å². The molecule has 0 aliphatic rings. The van der Waals surface area contributed by atoms with Gasteiger partial charge < -0.3 is 20.3 Å². The molecule has 0 unspecified atom stereocenters. The molecule has 1 rings (SSSR count). The molecule has 0 amide bonds. The number of nitrogens with zero attached hydrogens (tertiary/aromatic N) is 1. The van der Waals surface area contributed by atoms with Crippen molar-refractivity contribution in [1.82, 2.24) is 10.2 Å². The van der Waals surface area contributed by atoms with Crippen LogP contribution < -0.4 is 10.6 Å². The van der Waals surface area contributed by atoms with Gasteiger partial charge in [0.2, 0.25) is 0 Å². The molecule has 0 bridgehead atoms. The minimum atomic E-state index is -0.344. The molecule has 1 aromatic rings. The first-order chi connectivity index (χ1) is 10.6. The minimum Gasteiger partial charge on any atom is -0.465 e. The number of methoxy groups -OCH3 is 1. The highest BCUT2D eigenvalue weighted by Crippen LogP contribution is 2.10. The van der Waals surface area contributed by atoms with Crippen LogP contribution in [0.2, 0.25) is 0 Å². The van der Waals surface area contributed by atoms with Crippen molar-refractivity contribution in [2.75, 3.05) is 38.6 Å². The summed E-state index contributed by atoms with van der Waals surface area (Å²) < 4.78 is 4.66. The van der Waals surface area contributed by atoms with Crippen LogP contribution in [0.25, 0.3) is 0 Å². The highest BCUT2D eigenvalue weighted by Gasteiger charge is 2.05. The van der Waals surface area contributed by atoms with E-state index >= 15 is 0 Å². The summed E-state index contributed by atoms with van der Waals surface area (Å²) in [5, 5.41) is 6.87. The summed E-state index contributed by atoms with van der Waals surface area (Å²) in [4.78, 5) is 13.7. The summed E-state index contributed by atoms with van der Waals surface area (Å²) in [6.45, 7) is 8.39. The summed E-state index contributed by atoms with van der Waals surface area (Å²) in [7, 11) is 1.37. The average Bonchev–Trinajstić information content (AvgIpc) is 2.55. The summed E-state index contributed by atoms with van der Waals surface area (Å²) in [5.74, 6) is -0.344. The molecular weight excluding hydrogens is 298 g/mol. The third kappa shape index (κ3) is 6.41. The number of thiocarbonyl (C=S) groups is 1. The lowest BCUT2D eigenvalue weighted by Crippen LogP contribution is -2.32. The fourth-order valence-electron chi connectivity index (χ4n) is 2.03. The number of benzene rings is 1. The molecule has 0 aromatic heterocycles. The van der Waals surface area contributed by atoms with Crippen molar-refractivity contribution in [2.24, 2.45) is 0 Å². The third-order valence-corrected chi connectivity index (χ3v) is 3.64. The number of esters is 1. The zero-order valence-electron chi connectivity index (χ0n) is 13.5. The van der Waals surface area contributed by atoms with Crippen molar-refractivity contribution in [3.8, 4) is 0 Å². The Bertz CT molecular complexity index is 473. The van der Waals surface area contributed by atoms with E-state index in [1.165, 1.54) is 7.11 Å². The smallest absolute Gasteiger partial charge is 0.337 e. The first-order valence-electron chi connectivity index (χ1n) is 7.56. The maximum absolute atomic E-state index is 11.3. The Hall–Kier alpha value is -1.66. The predicted octanol–water partition coefficient (Wildman–Crippen LogP) is 2.49. The molecule has 6 heteroatoms. The largest absolute Gasteiger partial charge is 0.465 e. The van der Waals surface area contributed by atoms with Gasteiger partial charge in [-0.1, -0.05) is 13.8 Å². The van der Waals surface area contributed by atoms with Crippen molar-refractivity contribution in [1.29, 1.82) is 0 Å². The minimum absolute atomic E-state index is 0.344. The Balaban J connectivity index is 2.31. The Kier molecular flexibility index (Phi) is 8.47. The molecule has 0 saturated heterocycles. The molecule has 5 nitrogen and oxygen atoms in total. The molecule has 0 heterocycles. The number of nitrogens with one attached hydrogen (secondary N) is 2. The van der Waals surface area contributed by atoms with E-state index in [2.05, 4.69) is 34.1 Å². The highest BCUT2D eigenvalue weighted by atomic mass is 32.1. The lowest BCUT2D eigenvalue weighted by Gasteiger charge is -2.18. The van der Waals surface area contributed by atoms with Gasteiger partial charge in [-0.2, -0.15) is 0 Å². The lowest BCUT2D eigenvalue weighted by molar-refractivity contribution is 0.0601. The van der Waals surface area contributed by atoms with Crippen LogP contribution in [-0.2, 0) is 4.74 Å². The maximum atomic E-state index is 11.3. The SMILES string of the molecule is CCN(CC)CCCNC(=S)Nc1ccc(C(=O)OC)cc1. The first kappa shape index (κ1) is 18.4. The summed E-state index contributed by atoms with van der Waals surface area (Å²) in [6, 6.07) is 7.01. The van der Waals surface area contributed by atoms with Crippen molar-refractivity contribution in [3.05, 3.63) is 29.8 Å². The molecule has 0 atom stereocenters. The fraction of sp³-hybridized carbons (Fsp3) is 0.500. The lowest BCUT2D eigenvalue weighted by atomic mass is 10.2. The molecule has 1 aromatic carbocycles. The number of anilines is 1. The number of hydrogen-bond donors (Lipinski definition) is 2. The Morgan fingerprint density at radius 3 is 2.41 bits per heavy atom. The molecule has 0 radical (unpaired) electrons. The van der Waals surface area contributed by atoms with Gasteiger partial charge in [-0.05, 0) is 62.5 Å². The van der Waals surface area contributed by atoms with Crippen LogP contribution in [0, 0.1) is 0 Å². The van der Waals surface area contributed by atoms with Crippen LogP contribution in [0.4, 0.5) is 5.69 Å². The number of carbonyl (C=O) groups is 1. The van der Waals surface area contributed by atoms with Crippen molar-refractivity contribution < 1.29 is 9.53 Å². The molecule has 0 spiro atoms. The molecule has 0 aliphatic heterocycles. The Morgan fingerprint density at radius 2 is 1.86 bits per heavy atom. The average molecular weight is 323 g/mol. The monoisotopic (exact) mass is 323 g/mol. The van der Waals surface area contributed by atoms with Gasteiger partial charge in [0.05, 0.1) is 12.7 Å². The zero-order valence-corrected chi connectivity index (χ0v) is 14.3. The van der Waals surface area contributed by atoms with E-state index in [1.54, 1.807) is 24.3 Å². The molecule has 22 heavy (non-hydrogen) atoms. The van der Waals surface area contributed by atoms with Crippen molar-refractivity contribution in [2.45, 2.75) is 20.3 Å². The van der Waals surface area contributed by atoms with Gasteiger partial charge in [0, 0.05) is 12.2 Å². The maximum Gasteiger partial charge on any atom is 0.337 e. The second-order valence-electron chi connectivity index (χ2n) is 4.83. The highest BCUT2D eigenvalue weighted by molar-refractivity contribution is 7.80.